The summed E-state index contributed by atoms with van der Waals surface area (Å²) >= 11 is 0. The minimum absolute atomic E-state index is 0.505. The fraction of sp³-hybridized carbons (Fsp3) is 0.750. The Morgan fingerprint density at radius 2 is 2.10 bits per heavy atom. The average molecular weight is 140 g/mol. The van der Waals surface area contributed by atoms with Gasteiger partial charge in [0.2, 0.25) is 0 Å². The van der Waals surface area contributed by atoms with Gasteiger partial charge >= 0.3 is 0 Å². The molecule has 0 saturated carbocycles. The second-order valence-corrected chi connectivity index (χ2v) is 2.50. The van der Waals surface area contributed by atoms with Gasteiger partial charge in [-0.2, -0.15) is 0 Å². The molecular weight excluding hydrogens is 124 g/mol. The van der Waals surface area contributed by atoms with Crippen LogP contribution in [0.15, 0.2) is 9.98 Å². The highest BCUT2D eigenvalue weighted by Crippen LogP contribution is 1.97. The van der Waals surface area contributed by atoms with Gasteiger partial charge in [-0.3, -0.25) is 9.98 Å². The second-order valence-electron chi connectivity index (χ2n) is 2.50. The van der Waals surface area contributed by atoms with Crippen molar-refractivity contribution < 1.29 is 0 Å². The first-order valence-electron chi connectivity index (χ1n) is 3.68. The molecular formula is C8H16N2. The smallest absolute Gasteiger partial charge is 0.0763 e. The summed E-state index contributed by atoms with van der Waals surface area (Å²) in [4.78, 5) is 8.09. The van der Waals surface area contributed by atoms with E-state index in [0.29, 0.717) is 12.5 Å². The molecule has 0 fully saturated rings. The van der Waals surface area contributed by atoms with Gasteiger partial charge in [0.15, 0.2) is 0 Å². The highest BCUT2D eigenvalue weighted by Gasteiger charge is 2.01. The summed E-state index contributed by atoms with van der Waals surface area (Å²) < 4.78 is 0. The molecule has 10 heavy (non-hydrogen) atoms. The minimum Gasteiger partial charge on any atom is -0.295 e. The van der Waals surface area contributed by atoms with Crippen LogP contribution in [0.25, 0.3) is 0 Å². The van der Waals surface area contributed by atoms with E-state index in [9.17, 15) is 0 Å². The molecule has 0 atom stereocenters. The summed E-state index contributed by atoms with van der Waals surface area (Å²) in [5.74, 6) is 0.505. The van der Waals surface area contributed by atoms with Crippen LogP contribution in [0.4, 0.5) is 0 Å². The van der Waals surface area contributed by atoms with Gasteiger partial charge in [-0.25, -0.2) is 0 Å². The highest BCUT2D eigenvalue weighted by molar-refractivity contribution is 5.88. The maximum Gasteiger partial charge on any atom is 0.0763 e. The standard InChI is InChI=1S/C8H16N2/c1-5-10-8(6-9-4)7(2)3/h7H,4-6H2,1-3H3/b10-8+. The van der Waals surface area contributed by atoms with E-state index >= 15 is 0 Å². The third-order valence-corrected chi connectivity index (χ3v) is 1.30. The Balaban J connectivity index is 3.96. The van der Waals surface area contributed by atoms with Crippen molar-refractivity contribution in [1.29, 1.82) is 0 Å². The lowest BCUT2D eigenvalue weighted by atomic mass is 10.1. The van der Waals surface area contributed by atoms with Crippen molar-refractivity contribution in [2.24, 2.45) is 15.9 Å². The van der Waals surface area contributed by atoms with Crippen LogP contribution in [-0.2, 0) is 0 Å². The van der Waals surface area contributed by atoms with Gasteiger partial charge in [-0.05, 0) is 19.6 Å². The zero-order chi connectivity index (χ0) is 7.98. The van der Waals surface area contributed by atoms with E-state index in [4.69, 9.17) is 0 Å². The van der Waals surface area contributed by atoms with E-state index in [1.165, 1.54) is 0 Å². The largest absolute Gasteiger partial charge is 0.295 e. The van der Waals surface area contributed by atoms with Crippen LogP contribution in [-0.4, -0.2) is 25.5 Å². The predicted molar refractivity (Wildman–Crippen MR) is 47.2 cm³/mol. The van der Waals surface area contributed by atoms with Crippen LogP contribution in [0.2, 0.25) is 0 Å². The Kier molecular flexibility index (Phi) is 4.81. The molecule has 2 heteroatoms. The Labute approximate surface area is 63.1 Å². The van der Waals surface area contributed by atoms with Crippen LogP contribution < -0.4 is 0 Å². The quantitative estimate of drug-likeness (QED) is 0.532. The van der Waals surface area contributed by atoms with E-state index in [2.05, 4.69) is 30.5 Å². The number of nitrogens with zero attached hydrogens (tertiary/aromatic N) is 2. The predicted octanol–water partition coefficient (Wildman–Crippen LogP) is 1.80. The summed E-state index contributed by atoms with van der Waals surface area (Å²) in [5, 5.41) is 0. The normalized spacial score (nSPS) is 12.2. The zero-order valence-electron chi connectivity index (χ0n) is 7.09. The van der Waals surface area contributed by atoms with Gasteiger partial charge in [0, 0.05) is 12.3 Å². The summed E-state index contributed by atoms with van der Waals surface area (Å²) in [5.41, 5.74) is 1.15. The van der Waals surface area contributed by atoms with Crippen LogP contribution in [0, 0.1) is 5.92 Å². The van der Waals surface area contributed by atoms with Gasteiger partial charge in [0.05, 0.1) is 6.54 Å². The Bertz CT molecular complexity index is 125. The first kappa shape index (κ1) is 9.34. The SMILES string of the molecule is C=NC/C(=N\CC)C(C)C. The molecule has 58 valence electrons. The van der Waals surface area contributed by atoms with Crippen molar-refractivity contribution in [2.45, 2.75) is 20.8 Å². The first-order valence-corrected chi connectivity index (χ1v) is 3.68. The van der Waals surface area contributed by atoms with E-state index < -0.39 is 0 Å². The lowest BCUT2D eigenvalue weighted by Crippen LogP contribution is -2.11. The van der Waals surface area contributed by atoms with Gasteiger partial charge < -0.3 is 0 Å². The van der Waals surface area contributed by atoms with Crippen molar-refractivity contribution in [3.8, 4) is 0 Å². The molecule has 0 aromatic rings. The van der Waals surface area contributed by atoms with Crippen LogP contribution in [0.3, 0.4) is 0 Å². The second kappa shape index (κ2) is 5.15. The maximum absolute atomic E-state index is 4.30. The summed E-state index contributed by atoms with van der Waals surface area (Å²) in [7, 11) is 0. The summed E-state index contributed by atoms with van der Waals surface area (Å²) in [6.07, 6.45) is 0. The van der Waals surface area contributed by atoms with Crippen molar-refractivity contribution in [2.75, 3.05) is 13.1 Å². The number of hydrogen-bond acceptors (Lipinski definition) is 2. The molecule has 0 aliphatic heterocycles. The molecule has 0 saturated heterocycles. The molecule has 0 N–H and O–H groups in total. The van der Waals surface area contributed by atoms with Crippen LogP contribution >= 0.6 is 0 Å². The lowest BCUT2D eigenvalue weighted by Gasteiger charge is -2.05. The van der Waals surface area contributed by atoms with Gasteiger partial charge in [-0.1, -0.05) is 13.8 Å². The highest BCUT2D eigenvalue weighted by atomic mass is 14.8. The molecule has 0 aromatic heterocycles. The van der Waals surface area contributed by atoms with Gasteiger partial charge in [0.25, 0.3) is 0 Å². The molecule has 0 bridgehead atoms. The number of aliphatic imine (C=N–C) groups is 2. The fourth-order valence-electron chi connectivity index (χ4n) is 0.733. The molecule has 0 heterocycles. The molecule has 2 nitrogen and oxygen atoms in total. The molecule has 0 amide bonds. The van der Waals surface area contributed by atoms with Crippen molar-refractivity contribution in [3.05, 3.63) is 0 Å². The van der Waals surface area contributed by atoms with E-state index in [1.807, 2.05) is 6.92 Å². The van der Waals surface area contributed by atoms with E-state index in [1.54, 1.807) is 0 Å². The molecule has 0 aliphatic carbocycles. The molecule has 0 aromatic carbocycles. The molecule has 0 unspecified atom stereocenters. The van der Waals surface area contributed by atoms with Crippen LogP contribution in [0.1, 0.15) is 20.8 Å². The number of hydrogen-bond donors (Lipinski definition) is 0. The third-order valence-electron chi connectivity index (χ3n) is 1.30. The van der Waals surface area contributed by atoms with Gasteiger partial charge in [-0.15, -0.1) is 0 Å². The molecule has 0 aliphatic rings. The first-order chi connectivity index (χ1) is 4.72. The molecule has 0 radical (unpaired) electrons. The Morgan fingerprint density at radius 3 is 2.40 bits per heavy atom. The monoisotopic (exact) mass is 140 g/mol. The Hall–Kier alpha value is -0.660. The zero-order valence-corrected chi connectivity index (χ0v) is 7.09. The topological polar surface area (TPSA) is 24.7 Å². The third kappa shape index (κ3) is 3.38. The van der Waals surface area contributed by atoms with E-state index in [0.717, 1.165) is 12.3 Å². The van der Waals surface area contributed by atoms with Crippen molar-refractivity contribution in [3.63, 3.8) is 0 Å². The number of rotatable bonds is 4. The maximum atomic E-state index is 4.30. The minimum atomic E-state index is 0.505. The molecule has 0 rings (SSSR count). The van der Waals surface area contributed by atoms with Crippen molar-refractivity contribution >= 4 is 12.4 Å². The average Bonchev–Trinajstić information content (AvgIpc) is 1.87. The van der Waals surface area contributed by atoms with Crippen molar-refractivity contribution in [1.82, 2.24) is 0 Å². The van der Waals surface area contributed by atoms with Gasteiger partial charge in [0.1, 0.15) is 0 Å². The fourth-order valence-corrected chi connectivity index (χ4v) is 0.733. The Morgan fingerprint density at radius 1 is 1.50 bits per heavy atom. The van der Waals surface area contributed by atoms with E-state index in [-0.39, 0.29) is 0 Å². The molecule has 0 spiro atoms. The van der Waals surface area contributed by atoms with Crippen LogP contribution in [0.5, 0.6) is 0 Å². The lowest BCUT2D eigenvalue weighted by molar-refractivity contribution is 0.853. The summed E-state index contributed by atoms with van der Waals surface area (Å²) in [6, 6.07) is 0. The summed E-state index contributed by atoms with van der Waals surface area (Å²) in [6.45, 7) is 11.3.